The molecule has 2 aromatic carbocycles. The van der Waals surface area contributed by atoms with Crippen molar-refractivity contribution < 1.29 is 4.43 Å². The lowest BCUT2D eigenvalue weighted by molar-refractivity contribution is 0.316. The number of rotatable bonds is 5. The maximum absolute atomic E-state index is 13.4. The van der Waals surface area contributed by atoms with Gasteiger partial charge < -0.3 is 4.43 Å². The Morgan fingerprint density at radius 3 is 2.52 bits per heavy atom. The zero-order chi connectivity index (χ0) is 20.6. The lowest BCUT2D eigenvalue weighted by atomic mass is 10.1. The third-order valence-electron chi connectivity index (χ3n) is 4.91. The maximum atomic E-state index is 13.4. The Labute approximate surface area is 171 Å². The van der Waals surface area contributed by atoms with Crippen LogP contribution in [0.4, 0.5) is 0 Å². The van der Waals surface area contributed by atoms with Crippen LogP contribution in [0, 0.1) is 0 Å². The van der Waals surface area contributed by atoms with Crippen molar-refractivity contribution >= 4 is 30.0 Å². The van der Waals surface area contributed by atoms with Gasteiger partial charge in [0.05, 0.1) is 11.7 Å². The van der Waals surface area contributed by atoms with E-state index in [0.29, 0.717) is 17.5 Å². The first kappa shape index (κ1) is 19.5. The van der Waals surface area contributed by atoms with E-state index in [1.807, 2.05) is 43.6 Å². The number of pyridine rings is 1. The average molecular weight is 404 g/mol. The highest BCUT2D eigenvalue weighted by Gasteiger charge is 2.14. The van der Waals surface area contributed by atoms with E-state index < -0.39 is 8.32 Å². The van der Waals surface area contributed by atoms with Gasteiger partial charge in [0.2, 0.25) is 0 Å². The van der Waals surface area contributed by atoms with Crippen molar-refractivity contribution in [2.45, 2.75) is 26.1 Å². The summed E-state index contributed by atoms with van der Waals surface area (Å²) < 4.78 is 7.72. The molecule has 2 heterocycles. The number of hydrogen-bond acceptors (Lipinski definition) is 4. The average Bonchev–Trinajstić information content (AvgIpc) is 3.06. The number of benzene rings is 1. The predicted molar refractivity (Wildman–Crippen MR) is 121 cm³/mol. The standard InChI is InChI=1S/C23H25N3O2Si/c1-26-15-19(14-25-26)18-12-21-22(24-13-18)8-7-17-6-5-16(11-20(17)23(21)27)9-10-28-29(2,3)4/h5-8,11-15H,9-10H2,1-4H3. The van der Waals surface area contributed by atoms with Crippen LogP contribution in [0.1, 0.15) is 5.56 Å². The van der Waals surface area contributed by atoms with E-state index in [1.165, 1.54) is 0 Å². The molecule has 0 spiro atoms. The molecule has 0 aliphatic carbocycles. The van der Waals surface area contributed by atoms with Crippen molar-refractivity contribution in [3.63, 3.8) is 0 Å². The molecule has 0 N–H and O–H groups in total. The lowest BCUT2D eigenvalue weighted by Gasteiger charge is -2.16. The van der Waals surface area contributed by atoms with E-state index in [4.69, 9.17) is 4.43 Å². The first-order valence-corrected chi connectivity index (χ1v) is 13.2. The molecule has 0 aliphatic heterocycles. The van der Waals surface area contributed by atoms with Gasteiger partial charge in [-0.15, -0.1) is 0 Å². The van der Waals surface area contributed by atoms with Crippen molar-refractivity contribution in [2.24, 2.45) is 7.05 Å². The minimum atomic E-state index is -1.54. The molecule has 0 unspecified atom stereocenters. The number of nitrogens with zero attached hydrogens (tertiary/aromatic N) is 3. The number of fused-ring (bicyclic) bond motifs is 2. The highest BCUT2D eigenvalue weighted by Crippen LogP contribution is 2.22. The van der Waals surface area contributed by atoms with Gasteiger partial charge in [0.1, 0.15) is 0 Å². The molecule has 4 aromatic rings. The van der Waals surface area contributed by atoms with E-state index in [-0.39, 0.29) is 5.43 Å². The SMILES string of the molecule is Cn1cc(-c2cnc3ccc4ccc(CCO[Si](C)(C)C)cc4c(=O)c3c2)cn1. The zero-order valence-corrected chi connectivity index (χ0v) is 18.3. The van der Waals surface area contributed by atoms with E-state index in [0.717, 1.165) is 33.9 Å². The van der Waals surface area contributed by atoms with Gasteiger partial charge >= 0.3 is 0 Å². The predicted octanol–water partition coefficient (Wildman–Crippen LogP) is 4.54. The van der Waals surface area contributed by atoms with Crippen LogP contribution in [-0.4, -0.2) is 29.7 Å². The van der Waals surface area contributed by atoms with Gasteiger partial charge in [0, 0.05) is 47.9 Å². The molecular formula is C23H25N3O2Si. The second kappa shape index (κ2) is 7.53. The zero-order valence-electron chi connectivity index (χ0n) is 17.3. The summed E-state index contributed by atoms with van der Waals surface area (Å²) in [6, 6.07) is 11.9. The van der Waals surface area contributed by atoms with Crippen LogP contribution < -0.4 is 5.43 Å². The molecule has 4 rings (SSSR count). The molecule has 0 atom stereocenters. The van der Waals surface area contributed by atoms with Crippen LogP contribution in [0.15, 0.2) is 59.8 Å². The largest absolute Gasteiger partial charge is 0.417 e. The molecule has 148 valence electrons. The summed E-state index contributed by atoms with van der Waals surface area (Å²) >= 11 is 0. The summed E-state index contributed by atoms with van der Waals surface area (Å²) in [6.45, 7) is 7.23. The number of hydrogen-bond donors (Lipinski definition) is 0. The normalized spacial score (nSPS) is 12.0. The Hall–Kier alpha value is -2.83. The Morgan fingerprint density at radius 2 is 1.79 bits per heavy atom. The Kier molecular flexibility index (Phi) is 5.06. The summed E-state index contributed by atoms with van der Waals surface area (Å²) in [7, 11) is 0.334. The smallest absolute Gasteiger partial charge is 0.195 e. The van der Waals surface area contributed by atoms with E-state index >= 15 is 0 Å². The second-order valence-corrected chi connectivity index (χ2v) is 12.9. The van der Waals surface area contributed by atoms with Gasteiger partial charge in [-0.25, -0.2) is 0 Å². The second-order valence-electron chi connectivity index (χ2n) is 8.35. The van der Waals surface area contributed by atoms with Crippen molar-refractivity contribution in [2.75, 3.05) is 6.61 Å². The van der Waals surface area contributed by atoms with Crippen molar-refractivity contribution in [1.29, 1.82) is 0 Å². The van der Waals surface area contributed by atoms with Crippen LogP contribution in [0.2, 0.25) is 19.6 Å². The molecule has 0 aliphatic rings. The summed E-state index contributed by atoms with van der Waals surface area (Å²) in [4.78, 5) is 17.9. The fraction of sp³-hybridized carbons (Fsp3) is 0.261. The highest BCUT2D eigenvalue weighted by atomic mass is 28.4. The molecule has 0 saturated carbocycles. The molecule has 0 bridgehead atoms. The quantitative estimate of drug-likeness (QED) is 0.459. The van der Waals surface area contributed by atoms with Gasteiger partial charge in [-0.05, 0) is 55.2 Å². The fourth-order valence-corrected chi connectivity index (χ4v) is 4.12. The van der Waals surface area contributed by atoms with Gasteiger partial charge in [-0.3, -0.25) is 14.5 Å². The highest BCUT2D eigenvalue weighted by molar-refractivity contribution is 6.69. The Bertz CT molecular complexity index is 1260. The maximum Gasteiger partial charge on any atom is 0.195 e. The molecule has 29 heavy (non-hydrogen) atoms. The van der Waals surface area contributed by atoms with Crippen molar-refractivity contribution in [3.8, 4) is 11.1 Å². The summed E-state index contributed by atoms with van der Waals surface area (Å²) in [5.41, 5.74) is 3.65. The first-order valence-electron chi connectivity index (χ1n) is 9.79. The van der Waals surface area contributed by atoms with E-state index in [1.54, 1.807) is 17.1 Å². The molecule has 6 heteroatoms. The summed E-state index contributed by atoms with van der Waals surface area (Å²) in [5, 5.41) is 6.48. The van der Waals surface area contributed by atoms with Gasteiger partial charge in [0.25, 0.3) is 0 Å². The monoisotopic (exact) mass is 403 g/mol. The molecule has 0 amide bonds. The van der Waals surface area contributed by atoms with Gasteiger partial charge in [-0.2, -0.15) is 5.10 Å². The number of aryl methyl sites for hydroxylation is 1. The lowest BCUT2D eigenvalue weighted by Crippen LogP contribution is -2.26. The van der Waals surface area contributed by atoms with Crippen LogP contribution in [0.3, 0.4) is 0 Å². The topological polar surface area (TPSA) is 57.0 Å². The molecular weight excluding hydrogens is 378 g/mol. The molecule has 0 fully saturated rings. The Balaban J connectivity index is 1.80. The molecule has 0 saturated heterocycles. The van der Waals surface area contributed by atoms with E-state index in [9.17, 15) is 4.79 Å². The van der Waals surface area contributed by atoms with Crippen LogP contribution in [-0.2, 0) is 17.9 Å². The fourth-order valence-electron chi connectivity index (χ4n) is 3.41. The minimum Gasteiger partial charge on any atom is -0.417 e. The van der Waals surface area contributed by atoms with Crippen LogP contribution in [0.5, 0.6) is 0 Å². The Morgan fingerprint density at radius 1 is 1.00 bits per heavy atom. The molecule has 2 aromatic heterocycles. The third kappa shape index (κ3) is 4.28. The van der Waals surface area contributed by atoms with Crippen molar-refractivity contribution in [1.82, 2.24) is 14.8 Å². The van der Waals surface area contributed by atoms with E-state index in [2.05, 4.69) is 35.8 Å². The minimum absolute atomic E-state index is 0.00575. The van der Waals surface area contributed by atoms with Crippen LogP contribution in [0.25, 0.3) is 32.8 Å². The van der Waals surface area contributed by atoms with Crippen LogP contribution >= 0.6 is 0 Å². The summed E-state index contributed by atoms with van der Waals surface area (Å²) in [6.07, 6.45) is 6.30. The number of aromatic nitrogens is 3. The molecule has 5 nitrogen and oxygen atoms in total. The third-order valence-corrected chi connectivity index (χ3v) is 5.98. The van der Waals surface area contributed by atoms with Gasteiger partial charge in [-0.1, -0.05) is 18.2 Å². The molecule has 0 radical (unpaired) electrons. The van der Waals surface area contributed by atoms with Crippen molar-refractivity contribution in [3.05, 3.63) is 70.8 Å². The summed E-state index contributed by atoms with van der Waals surface area (Å²) in [5.74, 6) is 0. The first-order chi connectivity index (χ1) is 13.8. The van der Waals surface area contributed by atoms with Gasteiger partial charge in [0.15, 0.2) is 13.7 Å².